The number of carbonyl (C=O) groups is 1. The lowest BCUT2D eigenvalue weighted by Gasteiger charge is -2.00. The average molecular weight is 342 g/mol. The molecule has 0 aromatic carbocycles. The van der Waals surface area contributed by atoms with Crippen LogP contribution in [-0.2, 0) is 6.54 Å². The van der Waals surface area contributed by atoms with Gasteiger partial charge in [-0.15, -0.1) is 21.5 Å². The zero-order valence-corrected chi connectivity index (χ0v) is 12.7. The van der Waals surface area contributed by atoms with Crippen LogP contribution in [0.25, 0.3) is 0 Å². The summed E-state index contributed by atoms with van der Waals surface area (Å²) in [5.41, 5.74) is 1.06. The van der Waals surface area contributed by atoms with E-state index in [-0.39, 0.29) is 12.5 Å². The minimum absolute atomic E-state index is 0.129. The van der Waals surface area contributed by atoms with E-state index in [0.29, 0.717) is 22.6 Å². The normalized spacial score (nSPS) is 14.6. The standard InChI is InChI=1S/C12H12BrN3O2S/c1-6-5-19-10(9(6)13)11(17)14-4-8-15-16-12(18-8)7-2-3-7/h5,7H,2-4H2,1H3,(H,14,17). The molecule has 7 heteroatoms. The predicted molar refractivity (Wildman–Crippen MR) is 74.2 cm³/mol. The first-order valence-corrected chi connectivity index (χ1v) is 7.66. The van der Waals surface area contributed by atoms with Gasteiger partial charge in [0.15, 0.2) is 0 Å². The van der Waals surface area contributed by atoms with Crippen molar-refractivity contribution < 1.29 is 9.21 Å². The molecular weight excluding hydrogens is 330 g/mol. The second-order valence-corrected chi connectivity index (χ2v) is 6.23. The quantitative estimate of drug-likeness (QED) is 0.927. The van der Waals surface area contributed by atoms with Crippen molar-refractivity contribution >= 4 is 33.2 Å². The lowest BCUT2D eigenvalue weighted by molar-refractivity contribution is 0.0950. The number of aryl methyl sites for hydroxylation is 1. The molecule has 1 N–H and O–H groups in total. The van der Waals surface area contributed by atoms with Crippen molar-refractivity contribution in [2.45, 2.75) is 32.2 Å². The summed E-state index contributed by atoms with van der Waals surface area (Å²) in [6, 6.07) is 0. The van der Waals surface area contributed by atoms with Crippen molar-refractivity contribution in [3.63, 3.8) is 0 Å². The van der Waals surface area contributed by atoms with Gasteiger partial charge >= 0.3 is 0 Å². The maximum Gasteiger partial charge on any atom is 0.262 e. The molecule has 1 fully saturated rings. The first-order valence-electron chi connectivity index (χ1n) is 5.99. The van der Waals surface area contributed by atoms with Crippen LogP contribution in [0.5, 0.6) is 0 Å². The van der Waals surface area contributed by atoms with Crippen LogP contribution in [0.4, 0.5) is 0 Å². The fourth-order valence-corrected chi connectivity index (χ4v) is 3.24. The van der Waals surface area contributed by atoms with Crippen molar-refractivity contribution in [3.05, 3.63) is 32.1 Å². The number of hydrogen-bond acceptors (Lipinski definition) is 5. The summed E-state index contributed by atoms with van der Waals surface area (Å²) in [5.74, 6) is 1.46. The molecule has 100 valence electrons. The van der Waals surface area contributed by atoms with E-state index in [0.717, 1.165) is 22.9 Å². The van der Waals surface area contributed by atoms with Gasteiger partial charge in [-0.25, -0.2) is 0 Å². The molecular formula is C12H12BrN3O2S. The van der Waals surface area contributed by atoms with Crippen molar-refractivity contribution in [3.8, 4) is 0 Å². The van der Waals surface area contributed by atoms with Gasteiger partial charge in [-0.05, 0) is 46.6 Å². The predicted octanol–water partition coefficient (Wildman–Crippen LogP) is 3.01. The molecule has 1 saturated carbocycles. The van der Waals surface area contributed by atoms with Crippen molar-refractivity contribution in [1.29, 1.82) is 0 Å². The topological polar surface area (TPSA) is 68.0 Å². The Morgan fingerprint density at radius 2 is 2.37 bits per heavy atom. The average Bonchev–Trinajstić information content (AvgIpc) is 3.06. The summed E-state index contributed by atoms with van der Waals surface area (Å²) in [7, 11) is 0. The lowest BCUT2D eigenvalue weighted by atomic mass is 10.3. The smallest absolute Gasteiger partial charge is 0.262 e. The highest BCUT2D eigenvalue weighted by Gasteiger charge is 2.29. The zero-order valence-electron chi connectivity index (χ0n) is 10.3. The highest BCUT2D eigenvalue weighted by atomic mass is 79.9. The lowest BCUT2D eigenvalue weighted by Crippen LogP contribution is -2.22. The molecule has 1 aliphatic rings. The first-order chi connectivity index (χ1) is 9.15. The van der Waals surface area contributed by atoms with Crippen LogP contribution in [0.3, 0.4) is 0 Å². The highest BCUT2D eigenvalue weighted by Crippen LogP contribution is 2.38. The van der Waals surface area contributed by atoms with Crippen LogP contribution in [0.2, 0.25) is 0 Å². The number of halogens is 1. The van der Waals surface area contributed by atoms with E-state index in [2.05, 4.69) is 31.4 Å². The molecule has 0 aliphatic heterocycles. The Kier molecular flexibility index (Phi) is 3.40. The molecule has 0 atom stereocenters. The van der Waals surface area contributed by atoms with E-state index in [1.54, 1.807) is 0 Å². The Labute approximate surface area is 122 Å². The Morgan fingerprint density at radius 1 is 1.58 bits per heavy atom. The number of hydrogen-bond donors (Lipinski definition) is 1. The van der Waals surface area contributed by atoms with Crippen LogP contribution in [0, 0.1) is 6.92 Å². The Balaban J connectivity index is 1.61. The molecule has 2 aromatic rings. The Bertz CT molecular complexity index is 618. The maximum absolute atomic E-state index is 12.0. The summed E-state index contributed by atoms with van der Waals surface area (Å²) < 4.78 is 6.33. The fraction of sp³-hybridized carbons (Fsp3) is 0.417. The summed E-state index contributed by atoms with van der Waals surface area (Å²) in [5, 5.41) is 12.6. The zero-order chi connectivity index (χ0) is 13.4. The summed E-state index contributed by atoms with van der Waals surface area (Å²) >= 11 is 4.82. The first kappa shape index (κ1) is 12.8. The van der Waals surface area contributed by atoms with Gasteiger partial charge in [0.05, 0.1) is 6.54 Å². The van der Waals surface area contributed by atoms with Crippen LogP contribution in [0.1, 0.15) is 45.8 Å². The SMILES string of the molecule is Cc1csc(C(=O)NCc2nnc(C3CC3)o2)c1Br. The molecule has 19 heavy (non-hydrogen) atoms. The number of rotatable bonds is 4. The third-order valence-electron chi connectivity index (χ3n) is 2.91. The minimum Gasteiger partial charge on any atom is -0.423 e. The second-order valence-electron chi connectivity index (χ2n) is 4.55. The number of aromatic nitrogens is 2. The molecule has 3 rings (SSSR count). The number of thiophene rings is 1. The Morgan fingerprint density at radius 3 is 3.00 bits per heavy atom. The molecule has 1 amide bonds. The molecule has 5 nitrogen and oxygen atoms in total. The number of nitrogens with one attached hydrogen (secondary N) is 1. The van der Waals surface area contributed by atoms with E-state index in [9.17, 15) is 4.79 Å². The van der Waals surface area contributed by atoms with Gasteiger partial charge in [-0.1, -0.05) is 0 Å². The van der Waals surface area contributed by atoms with Crippen molar-refractivity contribution in [2.24, 2.45) is 0 Å². The molecule has 0 bridgehead atoms. The van der Waals surface area contributed by atoms with Crippen LogP contribution < -0.4 is 5.32 Å². The molecule has 1 aliphatic carbocycles. The number of nitrogens with zero attached hydrogens (tertiary/aromatic N) is 2. The molecule has 2 heterocycles. The van der Waals surface area contributed by atoms with Crippen LogP contribution in [0.15, 0.2) is 14.3 Å². The van der Waals surface area contributed by atoms with Gasteiger partial charge in [0.25, 0.3) is 5.91 Å². The van der Waals surface area contributed by atoms with Gasteiger partial charge in [0.2, 0.25) is 11.8 Å². The fourth-order valence-electron chi connectivity index (χ4n) is 1.65. The molecule has 0 radical (unpaired) electrons. The third kappa shape index (κ3) is 2.71. The highest BCUT2D eigenvalue weighted by molar-refractivity contribution is 9.10. The van der Waals surface area contributed by atoms with Crippen LogP contribution in [-0.4, -0.2) is 16.1 Å². The maximum atomic E-state index is 12.0. The van der Waals surface area contributed by atoms with Crippen molar-refractivity contribution in [1.82, 2.24) is 15.5 Å². The minimum atomic E-state index is -0.129. The molecule has 2 aromatic heterocycles. The van der Waals surface area contributed by atoms with E-state index < -0.39 is 0 Å². The Hall–Kier alpha value is -1.21. The van der Waals surface area contributed by atoms with Gasteiger partial charge in [-0.3, -0.25) is 4.79 Å². The molecule has 0 spiro atoms. The molecule has 0 unspecified atom stereocenters. The van der Waals surface area contributed by atoms with Gasteiger partial charge in [-0.2, -0.15) is 0 Å². The largest absolute Gasteiger partial charge is 0.423 e. The third-order valence-corrected chi connectivity index (χ3v) is 5.30. The monoisotopic (exact) mass is 341 g/mol. The van der Waals surface area contributed by atoms with Gasteiger partial charge in [0, 0.05) is 10.4 Å². The van der Waals surface area contributed by atoms with E-state index in [1.807, 2.05) is 12.3 Å². The number of amides is 1. The van der Waals surface area contributed by atoms with Gasteiger partial charge < -0.3 is 9.73 Å². The van der Waals surface area contributed by atoms with E-state index in [4.69, 9.17) is 4.42 Å². The second kappa shape index (κ2) is 5.05. The number of carbonyl (C=O) groups excluding carboxylic acids is 1. The van der Waals surface area contributed by atoms with Gasteiger partial charge in [0.1, 0.15) is 4.88 Å². The van der Waals surface area contributed by atoms with Crippen LogP contribution >= 0.6 is 27.3 Å². The summed E-state index contributed by atoms with van der Waals surface area (Å²) in [6.07, 6.45) is 2.24. The van der Waals surface area contributed by atoms with E-state index in [1.165, 1.54) is 11.3 Å². The van der Waals surface area contributed by atoms with Crippen molar-refractivity contribution in [2.75, 3.05) is 0 Å². The summed E-state index contributed by atoms with van der Waals surface area (Å²) in [4.78, 5) is 12.7. The summed E-state index contributed by atoms with van der Waals surface area (Å²) in [6.45, 7) is 2.22. The van der Waals surface area contributed by atoms with E-state index >= 15 is 0 Å². The molecule has 0 saturated heterocycles.